The second-order valence-electron chi connectivity index (χ2n) is 4.25. The predicted octanol–water partition coefficient (Wildman–Crippen LogP) is 3.81. The molecule has 1 aromatic rings. The van der Waals surface area contributed by atoms with E-state index in [0.29, 0.717) is 0 Å². The highest BCUT2D eigenvalue weighted by atomic mass is 19.4. The molecule has 9 heteroatoms. The van der Waals surface area contributed by atoms with Crippen molar-refractivity contribution in [1.82, 2.24) is 0 Å². The number of alkyl halides is 7. The van der Waals surface area contributed by atoms with Gasteiger partial charge >= 0.3 is 18.0 Å². The lowest BCUT2D eigenvalue weighted by Crippen LogP contribution is -2.54. The van der Waals surface area contributed by atoms with Gasteiger partial charge in [-0.2, -0.15) is 31.6 Å². The highest BCUT2D eigenvalue weighted by molar-refractivity contribution is 5.34. The van der Waals surface area contributed by atoms with Crippen molar-refractivity contribution < 1.29 is 35.8 Å². The first-order valence-electron chi connectivity index (χ1n) is 5.43. The smallest absolute Gasteiger partial charge is 0.388 e. The van der Waals surface area contributed by atoms with E-state index in [4.69, 9.17) is 5.26 Å². The fraction of sp³-hybridized carbons (Fsp3) is 0.417. The van der Waals surface area contributed by atoms with Crippen LogP contribution in [0, 0.1) is 11.3 Å². The molecule has 0 aliphatic carbocycles. The molecule has 0 aromatic heterocycles. The van der Waals surface area contributed by atoms with Crippen molar-refractivity contribution in [3.05, 3.63) is 35.4 Å². The number of halogens is 7. The molecule has 0 heterocycles. The van der Waals surface area contributed by atoms with Crippen LogP contribution in [-0.2, 0) is 0 Å². The molecule has 1 N–H and O–H groups in total. The highest BCUT2D eigenvalue weighted by Gasteiger charge is 2.72. The molecule has 0 radical (unpaired) electrons. The average Bonchev–Trinajstić information content (AvgIpc) is 2.36. The van der Waals surface area contributed by atoms with Gasteiger partial charge in [-0.3, -0.25) is 0 Å². The number of aliphatic hydroxyl groups is 1. The van der Waals surface area contributed by atoms with Crippen LogP contribution in [0.2, 0.25) is 0 Å². The third-order valence-electron chi connectivity index (χ3n) is 2.77. The van der Waals surface area contributed by atoms with Crippen LogP contribution in [0.1, 0.15) is 23.7 Å². The van der Waals surface area contributed by atoms with Crippen molar-refractivity contribution in [2.75, 3.05) is 0 Å². The molecule has 1 unspecified atom stereocenters. The molecule has 2 nitrogen and oxygen atoms in total. The van der Waals surface area contributed by atoms with Gasteiger partial charge in [0.2, 0.25) is 0 Å². The summed E-state index contributed by atoms with van der Waals surface area (Å²) in [7, 11) is 0. The normalized spacial score (nSPS) is 14.6. The van der Waals surface area contributed by atoms with E-state index in [2.05, 4.69) is 0 Å². The Labute approximate surface area is 114 Å². The Morgan fingerprint density at radius 1 is 1.05 bits per heavy atom. The highest BCUT2D eigenvalue weighted by Crippen LogP contribution is 2.50. The van der Waals surface area contributed by atoms with Crippen molar-refractivity contribution in [3.63, 3.8) is 0 Å². The quantitative estimate of drug-likeness (QED) is 0.862. The molecule has 116 valence electrons. The maximum atomic E-state index is 13.4. The van der Waals surface area contributed by atoms with Crippen molar-refractivity contribution in [2.24, 2.45) is 0 Å². The van der Waals surface area contributed by atoms with E-state index in [-0.39, 0.29) is 5.56 Å². The Hall–Kier alpha value is -1.82. The summed E-state index contributed by atoms with van der Waals surface area (Å²) >= 11 is 0. The number of rotatable bonds is 3. The van der Waals surface area contributed by atoms with Gasteiger partial charge in [0.1, 0.15) is 0 Å². The van der Waals surface area contributed by atoms with Gasteiger partial charge < -0.3 is 5.11 Å². The minimum Gasteiger partial charge on any atom is -0.388 e. The Morgan fingerprint density at radius 2 is 1.57 bits per heavy atom. The van der Waals surface area contributed by atoms with Gasteiger partial charge in [-0.15, -0.1) is 0 Å². The summed E-state index contributed by atoms with van der Waals surface area (Å²) in [6.07, 6.45) is -17.1. The van der Waals surface area contributed by atoms with E-state index in [1.807, 2.05) is 0 Å². The molecular formula is C12H8F7NO. The molecule has 0 aliphatic heterocycles. The summed E-state index contributed by atoms with van der Waals surface area (Å²) in [4.78, 5) is 0. The van der Waals surface area contributed by atoms with E-state index in [0.717, 1.165) is 18.2 Å². The van der Waals surface area contributed by atoms with Crippen LogP contribution in [0.25, 0.3) is 0 Å². The van der Waals surface area contributed by atoms with Crippen molar-refractivity contribution in [1.29, 1.82) is 5.26 Å². The first kappa shape index (κ1) is 17.2. The minimum absolute atomic E-state index is 0.0879. The molecule has 0 spiro atoms. The van der Waals surface area contributed by atoms with Crippen molar-refractivity contribution in [3.8, 4) is 6.07 Å². The lowest BCUT2D eigenvalue weighted by molar-refractivity contribution is -0.347. The summed E-state index contributed by atoms with van der Waals surface area (Å²) in [5, 5.41) is 18.0. The zero-order valence-electron chi connectivity index (χ0n) is 10.1. The molecule has 0 amide bonds. The molecule has 21 heavy (non-hydrogen) atoms. The Morgan fingerprint density at radius 3 is 2.00 bits per heavy atom. The van der Waals surface area contributed by atoms with Gasteiger partial charge in [0.05, 0.1) is 17.7 Å². The summed E-state index contributed by atoms with van der Waals surface area (Å²) in [6, 6.07) is 5.86. The van der Waals surface area contributed by atoms with Crippen LogP contribution in [0.3, 0.4) is 0 Å². The van der Waals surface area contributed by atoms with Gasteiger partial charge in [0.25, 0.3) is 0 Å². The summed E-state index contributed by atoms with van der Waals surface area (Å²) in [6.45, 7) is 0. The molecule has 0 saturated heterocycles. The standard InChI is InChI=1S/C12H8F7NO/c13-10(11(14,15)16,12(17,18)19)5-9(21)8-3-1-2-7(4-8)6-20/h1-4,9,21H,5H2. The number of hydrogen-bond acceptors (Lipinski definition) is 2. The van der Waals surface area contributed by atoms with Gasteiger partial charge in [-0.05, 0) is 17.7 Å². The maximum Gasteiger partial charge on any atom is 0.431 e. The molecule has 1 aromatic carbocycles. The lowest BCUT2D eigenvalue weighted by Gasteiger charge is -2.31. The minimum atomic E-state index is -6.22. The first-order valence-corrected chi connectivity index (χ1v) is 5.43. The largest absolute Gasteiger partial charge is 0.431 e. The second kappa shape index (κ2) is 5.52. The van der Waals surface area contributed by atoms with Gasteiger partial charge in [0.15, 0.2) is 0 Å². The third kappa shape index (κ3) is 3.44. The van der Waals surface area contributed by atoms with Crippen LogP contribution in [0.5, 0.6) is 0 Å². The molecular weight excluding hydrogens is 307 g/mol. The topological polar surface area (TPSA) is 44.0 Å². The number of nitriles is 1. The van der Waals surface area contributed by atoms with E-state index in [1.54, 1.807) is 6.07 Å². The second-order valence-corrected chi connectivity index (χ2v) is 4.25. The van der Waals surface area contributed by atoms with E-state index in [1.165, 1.54) is 6.07 Å². The maximum absolute atomic E-state index is 13.4. The SMILES string of the molecule is N#Cc1cccc(C(O)CC(F)(C(F)(F)F)C(F)(F)F)c1. The van der Waals surface area contributed by atoms with Crippen LogP contribution in [0.15, 0.2) is 24.3 Å². The number of benzene rings is 1. The lowest BCUT2D eigenvalue weighted by atomic mass is 9.92. The van der Waals surface area contributed by atoms with E-state index in [9.17, 15) is 35.8 Å². The van der Waals surface area contributed by atoms with Crippen molar-refractivity contribution in [2.45, 2.75) is 30.5 Å². The zero-order valence-corrected chi connectivity index (χ0v) is 10.1. The Kier molecular flexibility index (Phi) is 4.53. The molecule has 0 aliphatic rings. The van der Waals surface area contributed by atoms with E-state index >= 15 is 0 Å². The summed E-state index contributed by atoms with van der Waals surface area (Å²) < 4.78 is 87.6. The number of nitrogens with zero attached hydrogens (tertiary/aromatic N) is 1. The molecule has 1 atom stereocenters. The number of aliphatic hydroxyl groups excluding tert-OH is 1. The molecule has 0 bridgehead atoms. The molecule has 0 saturated carbocycles. The van der Waals surface area contributed by atoms with Crippen LogP contribution < -0.4 is 0 Å². The predicted molar refractivity (Wildman–Crippen MR) is 56.7 cm³/mol. The van der Waals surface area contributed by atoms with Crippen LogP contribution in [-0.4, -0.2) is 23.1 Å². The van der Waals surface area contributed by atoms with Gasteiger partial charge in [-0.1, -0.05) is 12.1 Å². The van der Waals surface area contributed by atoms with Gasteiger partial charge in [-0.25, -0.2) is 4.39 Å². The monoisotopic (exact) mass is 315 g/mol. The number of hydrogen-bond donors (Lipinski definition) is 1. The zero-order chi connectivity index (χ0) is 16.5. The van der Waals surface area contributed by atoms with E-state index < -0.39 is 36.1 Å². The average molecular weight is 315 g/mol. The summed E-state index contributed by atoms with van der Waals surface area (Å²) in [5.41, 5.74) is -6.04. The van der Waals surface area contributed by atoms with Gasteiger partial charge in [0, 0.05) is 6.42 Å². The molecule has 0 fully saturated rings. The first-order chi connectivity index (χ1) is 9.42. The molecule has 1 rings (SSSR count). The fourth-order valence-corrected chi connectivity index (χ4v) is 1.59. The Bertz CT molecular complexity index is 530. The summed E-state index contributed by atoms with van der Waals surface area (Å²) in [5.74, 6) is 0. The fourth-order valence-electron chi connectivity index (χ4n) is 1.59. The van der Waals surface area contributed by atoms with Crippen LogP contribution in [0.4, 0.5) is 30.7 Å². The third-order valence-corrected chi connectivity index (χ3v) is 2.77. The van der Waals surface area contributed by atoms with Crippen LogP contribution >= 0.6 is 0 Å². The Balaban J connectivity index is 3.13. The van der Waals surface area contributed by atoms with Crippen molar-refractivity contribution >= 4 is 0 Å².